The van der Waals surface area contributed by atoms with Gasteiger partial charge in [0.1, 0.15) is 11.5 Å². The third-order valence-corrected chi connectivity index (χ3v) is 6.41. The Morgan fingerprint density at radius 2 is 1.38 bits per heavy atom. The molecule has 0 aliphatic carbocycles. The van der Waals surface area contributed by atoms with Gasteiger partial charge in [0.15, 0.2) is 5.01 Å². The minimum atomic E-state index is 0. The van der Waals surface area contributed by atoms with Crippen molar-refractivity contribution in [1.29, 1.82) is 0 Å². The number of methoxy groups -OCH3 is 2. The SMILES string of the molecule is COc1ccc(-c2nc(C(=O)N3CCN(C)CC3)sc2-c2ccc(OC)cc2)cc1.O.[Cl-]. The number of carbonyl (C=O) groups is 1. The maximum Gasteiger partial charge on any atom is 0.282 e. The van der Waals surface area contributed by atoms with E-state index in [-0.39, 0.29) is 23.8 Å². The fourth-order valence-corrected chi connectivity index (χ4v) is 4.50. The number of benzene rings is 2. The zero-order valence-electron chi connectivity index (χ0n) is 18.3. The quantitative estimate of drug-likeness (QED) is 0.520. The van der Waals surface area contributed by atoms with Crippen LogP contribution in [0.5, 0.6) is 11.5 Å². The molecule has 0 atom stereocenters. The van der Waals surface area contributed by atoms with Gasteiger partial charge in [-0.1, -0.05) is 0 Å². The summed E-state index contributed by atoms with van der Waals surface area (Å²) < 4.78 is 10.6. The number of hydrogen-bond donors (Lipinski definition) is 0. The molecule has 1 amide bonds. The number of hydrogen-bond acceptors (Lipinski definition) is 6. The Morgan fingerprint density at radius 3 is 1.88 bits per heavy atom. The molecule has 2 heterocycles. The summed E-state index contributed by atoms with van der Waals surface area (Å²) >= 11 is 1.45. The van der Waals surface area contributed by atoms with E-state index in [1.165, 1.54) is 11.3 Å². The molecule has 3 aromatic rings. The van der Waals surface area contributed by atoms with E-state index in [2.05, 4.69) is 11.9 Å². The summed E-state index contributed by atoms with van der Waals surface area (Å²) in [5.41, 5.74) is 2.78. The number of carbonyl (C=O) groups excluding carboxylic acids is 1. The summed E-state index contributed by atoms with van der Waals surface area (Å²) in [5, 5.41) is 0.524. The Bertz CT molecular complexity index is 952. The zero-order valence-corrected chi connectivity index (χ0v) is 19.9. The molecular weight excluding hydrogens is 450 g/mol. The van der Waals surface area contributed by atoms with Crippen LogP contribution in [-0.2, 0) is 0 Å². The first-order valence-electron chi connectivity index (χ1n) is 9.86. The Kier molecular flexibility index (Phi) is 9.03. The average molecular weight is 477 g/mol. The predicted octanol–water partition coefficient (Wildman–Crippen LogP) is 0.0612. The highest BCUT2D eigenvalue weighted by molar-refractivity contribution is 7.17. The van der Waals surface area contributed by atoms with E-state index in [1.807, 2.05) is 53.4 Å². The van der Waals surface area contributed by atoms with Crippen LogP contribution in [0.4, 0.5) is 0 Å². The number of thiazole rings is 1. The van der Waals surface area contributed by atoms with Crippen LogP contribution in [0.2, 0.25) is 0 Å². The van der Waals surface area contributed by atoms with Gasteiger partial charge in [0.2, 0.25) is 0 Å². The molecule has 1 saturated heterocycles. The van der Waals surface area contributed by atoms with Gasteiger partial charge < -0.3 is 37.2 Å². The van der Waals surface area contributed by atoms with E-state index < -0.39 is 0 Å². The van der Waals surface area contributed by atoms with Crippen molar-refractivity contribution in [1.82, 2.24) is 14.8 Å². The minimum absolute atomic E-state index is 0. The molecule has 1 aliphatic rings. The van der Waals surface area contributed by atoms with Crippen molar-refractivity contribution < 1.29 is 32.2 Å². The third kappa shape index (κ3) is 5.39. The molecule has 7 nitrogen and oxygen atoms in total. The first kappa shape index (κ1) is 25.6. The summed E-state index contributed by atoms with van der Waals surface area (Å²) in [6.07, 6.45) is 0. The van der Waals surface area contributed by atoms with Crippen LogP contribution >= 0.6 is 11.3 Å². The van der Waals surface area contributed by atoms with Gasteiger partial charge in [-0.2, -0.15) is 0 Å². The standard InChI is InChI=1S/C23H25N3O3S.ClH.H2O/c1-25-12-14-26(15-13-25)23(27)22-24-20(16-4-8-18(28-2)9-5-16)21(30-22)17-6-10-19(29-3)11-7-17;;/h4-11H,12-15H2,1-3H3;1H;1H2/p-1. The molecule has 1 aromatic heterocycles. The molecule has 1 fully saturated rings. The van der Waals surface area contributed by atoms with Crippen molar-refractivity contribution in [2.75, 3.05) is 47.4 Å². The van der Waals surface area contributed by atoms with E-state index >= 15 is 0 Å². The van der Waals surface area contributed by atoms with Crippen molar-refractivity contribution in [3.8, 4) is 33.2 Å². The van der Waals surface area contributed by atoms with Crippen LogP contribution in [0.15, 0.2) is 48.5 Å². The highest BCUT2D eigenvalue weighted by Crippen LogP contribution is 2.38. The van der Waals surface area contributed by atoms with Crippen molar-refractivity contribution in [2.45, 2.75) is 0 Å². The summed E-state index contributed by atoms with van der Waals surface area (Å²) in [6, 6.07) is 15.6. The molecule has 4 rings (SSSR count). The fraction of sp³-hybridized carbons (Fsp3) is 0.304. The number of piperazine rings is 1. The molecule has 0 spiro atoms. The maximum atomic E-state index is 13.2. The molecule has 0 unspecified atom stereocenters. The first-order valence-corrected chi connectivity index (χ1v) is 10.7. The van der Waals surface area contributed by atoms with Crippen LogP contribution in [-0.4, -0.2) is 73.6 Å². The summed E-state index contributed by atoms with van der Waals surface area (Å²) in [7, 11) is 5.37. The van der Waals surface area contributed by atoms with E-state index in [9.17, 15) is 4.79 Å². The smallest absolute Gasteiger partial charge is 0.282 e. The lowest BCUT2D eigenvalue weighted by Crippen LogP contribution is -3.00. The monoisotopic (exact) mass is 476 g/mol. The van der Waals surface area contributed by atoms with E-state index in [0.29, 0.717) is 5.01 Å². The summed E-state index contributed by atoms with van der Waals surface area (Å²) in [6.45, 7) is 3.22. The second-order valence-corrected chi connectivity index (χ2v) is 8.25. The molecule has 0 saturated carbocycles. The van der Waals surface area contributed by atoms with E-state index in [0.717, 1.165) is 59.4 Å². The van der Waals surface area contributed by atoms with Crippen LogP contribution in [0, 0.1) is 0 Å². The predicted molar refractivity (Wildman–Crippen MR) is 123 cm³/mol. The normalized spacial score (nSPS) is 13.7. The number of rotatable bonds is 5. The Hall–Kier alpha value is -2.65. The fourth-order valence-electron chi connectivity index (χ4n) is 3.44. The topological polar surface area (TPSA) is 86.4 Å². The maximum absolute atomic E-state index is 13.2. The number of ether oxygens (including phenoxy) is 2. The molecule has 2 aromatic carbocycles. The van der Waals surface area contributed by atoms with Gasteiger partial charge in [0, 0.05) is 31.7 Å². The molecular formula is C23H27ClN3O4S-. The lowest BCUT2D eigenvalue weighted by Gasteiger charge is -2.31. The first-order chi connectivity index (χ1) is 14.6. The molecule has 1 aliphatic heterocycles. The van der Waals surface area contributed by atoms with Gasteiger partial charge >= 0.3 is 0 Å². The Morgan fingerprint density at radius 1 is 0.875 bits per heavy atom. The second-order valence-electron chi connectivity index (χ2n) is 7.25. The van der Waals surface area contributed by atoms with Gasteiger partial charge in [-0.3, -0.25) is 4.79 Å². The van der Waals surface area contributed by atoms with E-state index in [4.69, 9.17) is 14.5 Å². The van der Waals surface area contributed by atoms with Gasteiger partial charge in [0.05, 0.1) is 24.8 Å². The van der Waals surface area contributed by atoms with Gasteiger partial charge in [-0.25, -0.2) is 4.98 Å². The molecule has 2 N–H and O–H groups in total. The second kappa shape index (κ2) is 11.3. The largest absolute Gasteiger partial charge is 1.00 e. The Balaban J connectivity index is 0.00000181. The number of likely N-dealkylation sites (N-methyl/N-ethyl adjacent to an activating group) is 1. The van der Waals surface area contributed by atoms with Gasteiger partial charge in [-0.05, 0) is 61.1 Å². The Labute approximate surface area is 198 Å². The molecule has 9 heteroatoms. The van der Waals surface area contributed by atoms with E-state index in [1.54, 1.807) is 14.2 Å². The lowest BCUT2D eigenvalue weighted by atomic mass is 10.1. The molecule has 0 radical (unpaired) electrons. The summed E-state index contributed by atoms with van der Waals surface area (Å²) in [4.78, 5) is 23.0. The average Bonchev–Trinajstić information content (AvgIpc) is 3.24. The molecule has 172 valence electrons. The zero-order chi connectivity index (χ0) is 21.1. The number of nitrogens with zero attached hydrogens (tertiary/aromatic N) is 3. The number of aromatic nitrogens is 1. The highest BCUT2D eigenvalue weighted by atomic mass is 35.5. The number of halogens is 1. The van der Waals surface area contributed by atoms with Crippen LogP contribution in [0.25, 0.3) is 21.7 Å². The lowest BCUT2D eigenvalue weighted by molar-refractivity contribution is -0.0000183. The highest BCUT2D eigenvalue weighted by Gasteiger charge is 2.25. The van der Waals surface area contributed by atoms with Crippen LogP contribution < -0.4 is 21.9 Å². The van der Waals surface area contributed by atoms with Crippen molar-refractivity contribution in [3.05, 3.63) is 53.5 Å². The summed E-state index contributed by atoms with van der Waals surface area (Å²) in [5.74, 6) is 1.58. The molecule has 32 heavy (non-hydrogen) atoms. The van der Waals surface area contributed by atoms with Gasteiger partial charge in [-0.15, -0.1) is 11.3 Å². The van der Waals surface area contributed by atoms with Crippen molar-refractivity contribution >= 4 is 17.2 Å². The van der Waals surface area contributed by atoms with Crippen LogP contribution in [0.3, 0.4) is 0 Å². The molecule has 0 bridgehead atoms. The third-order valence-electron chi connectivity index (χ3n) is 5.32. The van der Waals surface area contributed by atoms with Gasteiger partial charge in [0.25, 0.3) is 5.91 Å². The van der Waals surface area contributed by atoms with Crippen LogP contribution in [0.1, 0.15) is 9.80 Å². The van der Waals surface area contributed by atoms with Crippen molar-refractivity contribution in [3.63, 3.8) is 0 Å². The van der Waals surface area contributed by atoms with Crippen molar-refractivity contribution in [2.24, 2.45) is 0 Å². The number of amides is 1. The minimum Gasteiger partial charge on any atom is -1.00 e.